The summed E-state index contributed by atoms with van der Waals surface area (Å²) in [5.74, 6) is 0.0198. The Morgan fingerprint density at radius 1 is 1.33 bits per heavy atom. The van der Waals surface area contributed by atoms with E-state index in [4.69, 9.17) is 0 Å². The number of carbonyl (C=O) groups is 1. The minimum Gasteiger partial charge on any atom is -0.372 e. The van der Waals surface area contributed by atoms with Gasteiger partial charge in [0.05, 0.1) is 4.83 Å². The second-order valence-corrected chi connectivity index (χ2v) is 5.71. The second-order valence-electron chi connectivity index (χ2n) is 4.61. The third kappa shape index (κ3) is 3.25. The lowest BCUT2D eigenvalue weighted by Crippen LogP contribution is -2.22. The summed E-state index contributed by atoms with van der Waals surface area (Å²) in [7, 11) is 0. The summed E-state index contributed by atoms with van der Waals surface area (Å²) >= 11 is 3.35. The monoisotopic (exact) mass is 310 g/mol. The average Bonchev–Trinajstić information content (AvgIpc) is 2.92. The number of carbonyl (C=O) groups excluding carboxylic acids is 1. The zero-order valence-corrected chi connectivity index (χ0v) is 12.2. The van der Waals surface area contributed by atoms with Gasteiger partial charge in [0.25, 0.3) is 0 Å². The van der Waals surface area contributed by atoms with E-state index in [0.29, 0.717) is 0 Å². The Labute approximate surface area is 117 Å². The maximum Gasteiger partial charge on any atom is 0.238 e. The predicted molar refractivity (Wildman–Crippen MR) is 79.5 cm³/mol. The molecule has 0 aromatic heterocycles. The quantitative estimate of drug-likeness (QED) is 0.864. The Morgan fingerprint density at radius 2 is 1.94 bits per heavy atom. The molecule has 1 saturated heterocycles. The standard InChI is InChI=1S/C14H19BrN2O/c1-2-13(15)14(18)16-11-5-7-12(8-6-11)17-9-3-4-10-17/h5-8,13H,2-4,9-10H2,1H3,(H,16,18). The van der Waals surface area contributed by atoms with Gasteiger partial charge in [-0.15, -0.1) is 0 Å². The van der Waals surface area contributed by atoms with Gasteiger partial charge in [0.15, 0.2) is 0 Å². The zero-order valence-electron chi connectivity index (χ0n) is 10.7. The molecule has 1 amide bonds. The van der Waals surface area contributed by atoms with Crippen LogP contribution in [0.1, 0.15) is 26.2 Å². The molecule has 1 aliphatic rings. The number of amides is 1. The molecule has 0 saturated carbocycles. The Bertz CT molecular complexity index is 399. The minimum atomic E-state index is -0.115. The van der Waals surface area contributed by atoms with Gasteiger partial charge in [0.2, 0.25) is 5.91 Å². The lowest BCUT2D eigenvalue weighted by Gasteiger charge is -2.18. The van der Waals surface area contributed by atoms with Crippen molar-refractivity contribution in [3.05, 3.63) is 24.3 Å². The largest absolute Gasteiger partial charge is 0.372 e. The third-order valence-corrected chi connectivity index (χ3v) is 4.31. The molecule has 4 heteroatoms. The van der Waals surface area contributed by atoms with Gasteiger partial charge in [-0.1, -0.05) is 22.9 Å². The summed E-state index contributed by atoms with van der Waals surface area (Å²) in [6, 6.07) is 8.11. The highest BCUT2D eigenvalue weighted by Gasteiger charge is 2.14. The molecule has 1 aromatic rings. The van der Waals surface area contributed by atoms with Crippen molar-refractivity contribution in [1.82, 2.24) is 0 Å². The van der Waals surface area contributed by atoms with Gasteiger partial charge in [-0.05, 0) is 43.5 Å². The molecule has 1 N–H and O–H groups in total. The van der Waals surface area contributed by atoms with Crippen LogP contribution in [-0.2, 0) is 4.79 Å². The second kappa shape index (κ2) is 6.23. The zero-order chi connectivity index (χ0) is 13.0. The fourth-order valence-corrected chi connectivity index (χ4v) is 2.25. The number of nitrogens with zero attached hydrogens (tertiary/aromatic N) is 1. The Balaban J connectivity index is 1.97. The van der Waals surface area contributed by atoms with Crippen molar-refractivity contribution >= 4 is 33.2 Å². The summed E-state index contributed by atoms with van der Waals surface area (Å²) < 4.78 is 0. The van der Waals surface area contributed by atoms with Crippen molar-refractivity contribution in [2.45, 2.75) is 31.0 Å². The summed E-state index contributed by atoms with van der Waals surface area (Å²) in [6.45, 7) is 4.27. The van der Waals surface area contributed by atoms with Gasteiger partial charge in [-0.2, -0.15) is 0 Å². The molecular weight excluding hydrogens is 292 g/mol. The van der Waals surface area contributed by atoms with E-state index in [2.05, 4.69) is 38.3 Å². The number of rotatable bonds is 4. The van der Waals surface area contributed by atoms with Crippen LogP contribution >= 0.6 is 15.9 Å². The number of nitrogens with one attached hydrogen (secondary N) is 1. The first-order valence-electron chi connectivity index (χ1n) is 6.50. The SMILES string of the molecule is CCC(Br)C(=O)Nc1ccc(N2CCCC2)cc1. The van der Waals surface area contributed by atoms with Gasteiger partial charge in [0.1, 0.15) is 0 Å². The summed E-state index contributed by atoms with van der Waals surface area (Å²) in [4.78, 5) is 14.0. The number of hydrogen-bond acceptors (Lipinski definition) is 2. The van der Waals surface area contributed by atoms with E-state index in [9.17, 15) is 4.79 Å². The number of hydrogen-bond donors (Lipinski definition) is 1. The van der Waals surface area contributed by atoms with Crippen LogP contribution in [0, 0.1) is 0 Å². The number of benzene rings is 1. The maximum atomic E-state index is 11.7. The van der Waals surface area contributed by atoms with E-state index in [-0.39, 0.29) is 10.7 Å². The van der Waals surface area contributed by atoms with E-state index >= 15 is 0 Å². The Morgan fingerprint density at radius 3 is 2.50 bits per heavy atom. The first-order chi connectivity index (χ1) is 8.70. The topological polar surface area (TPSA) is 32.3 Å². The molecule has 1 aliphatic heterocycles. The van der Waals surface area contributed by atoms with Gasteiger partial charge < -0.3 is 10.2 Å². The van der Waals surface area contributed by atoms with Crippen LogP contribution < -0.4 is 10.2 Å². The van der Waals surface area contributed by atoms with E-state index in [1.54, 1.807) is 0 Å². The number of alkyl halides is 1. The lowest BCUT2D eigenvalue weighted by molar-refractivity contribution is -0.115. The van der Waals surface area contributed by atoms with Crippen molar-refractivity contribution in [2.24, 2.45) is 0 Å². The molecule has 3 nitrogen and oxygen atoms in total. The van der Waals surface area contributed by atoms with Crippen molar-refractivity contribution in [2.75, 3.05) is 23.3 Å². The van der Waals surface area contributed by atoms with Gasteiger partial charge >= 0.3 is 0 Å². The van der Waals surface area contributed by atoms with Crippen molar-refractivity contribution in [3.8, 4) is 0 Å². The van der Waals surface area contributed by atoms with Crippen molar-refractivity contribution < 1.29 is 4.79 Å². The molecule has 0 aliphatic carbocycles. The lowest BCUT2D eigenvalue weighted by atomic mass is 10.2. The molecule has 1 heterocycles. The van der Waals surface area contributed by atoms with E-state index in [1.807, 2.05) is 19.1 Å². The normalized spacial score (nSPS) is 16.7. The Hall–Kier alpha value is -1.03. The molecule has 1 unspecified atom stereocenters. The van der Waals surface area contributed by atoms with Crippen LogP contribution in [0.4, 0.5) is 11.4 Å². The predicted octanol–water partition coefficient (Wildman–Crippen LogP) is 3.40. The number of anilines is 2. The highest BCUT2D eigenvalue weighted by molar-refractivity contribution is 9.10. The van der Waals surface area contributed by atoms with Crippen LogP contribution in [-0.4, -0.2) is 23.8 Å². The molecular formula is C14H19BrN2O. The molecule has 0 bridgehead atoms. The van der Waals surface area contributed by atoms with Crippen LogP contribution in [0.25, 0.3) is 0 Å². The van der Waals surface area contributed by atoms with Crippen LogP contribution in [0.3, 0.4) is 0 Å². The average molecular weight is 311 g/mol. The molecule has 98 valence electrons. The van der Waals surface area contributed by atoms with Crippen molar-refractivity contribution in [3.63, 3.8) is 0 Å². The molecule has 2 rings (SSSR count). The van der Waals surface area contributed by atoms with Gasteiger partial charge in [-0.3, -0.25) is 4.79 Å². The van der Waals surface area contributed by atoms with E-state index in [1.165, 1.54) is 18.5 Å². The van der Waals surface area contributed by atoms with E-state index < -0.39 is 0 Å². The summed E-state index contributed by atoms with van der Waals surface area (Å²) in [6.07, 6.45) is 3.35. The van der Waals surface area contributed by atoms with Gasteiger partial charge in [-0.25, -0.2) is 0 Å². The third-order valence-electron chi connectivity index (χ3n) is 3.25. The van der Waals surface area contributed by atoms with Gasteiger partial charge in [0, 0.05) is 24.5 Å². The highest BCUT2D eigenvalue weighted by atomic mass is 79.9. The smallest absolute Gasteiger partial charge is 0.238 e. The van der Waals surface area contributed by atoms with Crippen molar-refractivity contribution in [1.29, 1.82) is 0 Å². The molecule has 0 radical (unpaired) electrons. The molecule has 1 aromatic carbocycles. The van der Waals surface area contributed by atoms with Crippen LogP contribution in [0.2, 0.25) is 0 Å². The van der Waals surface area contributed by atoms with E-state index in [0.717, 1.165) is 25.2 Å². The molecule has 0 spiro atoms. The highest BCUT2D eigenvalue weighted by Crippen LogP contribution is 2.22. The first kappa shape index (κ1) is 13.4. The number of halogens is 1. The Kier molecular flexibility index (Phi) is 4.64. The summed E-state index contributed by atoms with van der Waals surface area (Å²) in [5.41, 5.74) is 2.11. The minimum absolute atomic E-state index is 0.0198. The fourth-order valence-electron chi connectivity index (χ4n) is 2.14. The molecule has 18 heavy (non-hydrogen) atoms. The maximum absolute atomic E-state index is 11.7. The first-order valence-corrected chi connectivity index (χ1v) is 7.42. The summed E-state index contributed by atoms with van der Waals surface area (Å²) in [5, 5.41) is 2.91. The van der Waals surface area contributed by atoms with Crippen LogP contribution in [0.5, 0.6) is 0 Å². The molecule has 1 atom stereocenters. The fraction of sp³-hybridized carbons (Fsp3) is 0.500. The molecule has 1 fully saturated rings. The van der Waals surface area contributed by atoms with Crippen LogP contribution in [0.15, 0.2) is 24.3 Å².